The van der Waals surface area contributed by atoms with Gasteiger partial charge in [0.2, 0.25) is 0 Å². The minimum Gasteiger partial charge on any atom is -0.336 e. The van der Waals surface area contributed by atoms with Gasteiger partial charge in [-0.15, -0.1) is 11.3 Å². The number of halogens is 2. The van der Waals surface area contributed by atoms with Crippen LogP contribution in [0, 0.1) is 0 Å². The molecule has 0 unspecified atom stereocenters. The SMILES string of the molecule is CCc1ccsc1-c1nc2nc(Cl)c(Cl)cc2[nH]1. The zero-order valence-corrected chi connectivity index (χ0v) is 11.8. The predicted molar refractivity (Wildman–Crippen MR) is 76.6 cm³/mol. The molecule has 0 atom stereocenters. The first kappa shape index (κ1) is 12.0. The Morgan fingerprint density at radius 2 is 2.17 bits per heavy atom. The number of imidazole rings is 1. The molecular formula is C12H9Cl2N3S. The lowest BCUT2D eigenvalue weighted by molar-refractivity contribution is 1.15. The van der Waals surface area contributed by atoms with Crippen molar-refractivity contribution in [3.8, 4) is 10.7 Å². The van der Waals surface area contributed by atoms with Crippen LogP contribution in [0.3, 0.4) is 0 Å². The maximum absolute atomic E-state index is 5.94. The summed E-state index contributed by atoms with van der Waals surface area (Å²) in [6, 6.07) is 3.86. The van der Waals surface area contributed by atoms with Crippen molar-refractivity contribution in [3.63, 3.8) is 0 Å². The van der Waals surface area contributed by atoms with Gasteiger partial charge in [-0.1, -0.05) is 30.1 Å². The van der Waals surface area contributed by atoms with Gasteiger partial charge < -0.3 is 4.98 Å². The van der Waals surface area contributed by atoms with E-state index in [1.165, 1.54) is 5.56 Å². The number of hydrogen-bond acceptors (Lipinski definition) is 3. The average molecular weight is 298 g/mol. The molecule has 0 aliphatic carbocycles. The van der Waals surface area contributed by atoms with Crippen molar-refractivity contribution in [3.05, 3.63) is 33.3 Å². The highest BCUT2D eigenvalue weighted by Crippen LogP contribution is 2.30. The van der Waals surface area contributed by atoms with E-state index in [0.717, 1.165) is 22.6 Å². The fourth-order valence-electron chi connectivity index (χ4n) is 1.83. The molecule has 0 aliphatic rings. The Morgan fingerprint density at radius 3 is 2.94 bits per heavy atom. The first-order valence-electron chi connectivity index (χ1n) is 5.47. The average Bonchev–Trinajstić information content (AvgIpc) is 2.95. The summed E-state index contributed by atoms with van der Waals surface area (Å²) >= 11 is 13.5. The smallest absolute Gasteiger partial charge is 0.179 e. The van der Waals surface area contributed by atoms with Gasteiger partial charge in [0.1, 0.15) is 5.15 Å². The molecule has 0 fully saturated rings. The van der Waals surface area contributed by atoms with E-state index in [1.807, 2.05) is 0 Å². The van der Waals surface area contributed by atoms with Crippen molar-refractivity contribution in [2.45, 2.75) is 13.3 Å². The molecule has 3 heterocycles. The summed E-state index contributed by atoms with van der Waals surface area (Å²) in [5.74, 6) is 0.822. The molecule has 3 aromatic heterocycles. The van der Waals surface area contributed by atoms with Crippen molar-refractivity contribution in [1.82, 2.24) is 15.0 Å². The third-order valence-corrected chi connectivity index (χ3v) is 4.36. The highest BCUT2D eigenvalue weighted by Gasteiger charge is 2.12. The molecule has 0 saturated carbocycles. The summed E-state index contributed by atoms with van der Waals surface area (Å²) in [6.07, 6.45) is 0.977. The van der Waals surface area contributed by atoms with E-state index in [4.69, 9.17) is 23.2 Å². The molecular weight excluding hydrogens is 289 g/mol. The van der Waals surface area contributed by atoms with Crippen LogP contribution in [0.25, 0.3) is 21.9 Å². The second-order valence-electron chi connectivity index (χ2n) is 3.85. The second kappa shape index (κ2) is 4.53. The van der Waals surface area contributed by atoms with Gasteiger partial charge in [-0.25, -0.2) is 9.97 Å². The maximum Gasteiger partial charge on any atom is 0.179 e. The number of fused-ring (bicyclic) bond motifs is 1. The second-order valence-corrected chi connectivity index (χ2v) is 5.53. The van der Waals surface area contributed by atoms with Crippen LogP contribution in [-0.4, -0.2) is 15.0 Å². The van der Waals surface area contributed by atoms with Gasteiger partial charge in [0.05, 0.1) is 15.4 Å². The van der Waals surface area contributed by atoms with Crippen LogP contribution >= 0.6 is 34.5 Å². The number of hydrogen-bond donors (Lipinski definition) is 1. The molecule has 3 rings (SSSR count). The van der Waals surface area contributed by atoms with Gasteiger partial charge in [0, 0.05) is 0 Å². The lowest BCUT2D eigenvalue weighted by Gasteiger charge is -1.95. The van der Waals surface area contributed by atoms with E-state index in [0.29, 0.717) is 10.7 Å². The minimum atomic E-state index is 0.282. The monoisotopic (exact) mass is 297 g/mol. The number of rotatable bonds is 2. The van der Waals surface area contributed by atoms with Gasteiger partial charge in [-0.05, 0) is 29.5 Å². The van der Waals surface area contributed by atoms with Crippen LogP contribution in [0.1, 0.15) is 12.5 Å². The fourth-order valence-corrected chi connectivity index (χ4v) is 3.05. The van der Waals surface area contributed by atoms with Crippen LogP contribution in [0.2, 0.25) is 10.2 Å². The lowest BCUT2D eigenvalue weighted by Crippen LogP contribution is -1.82. The highest BCUT2D eigenvalue weighted by molar-refractivity contribution is 7.13. The van der Waals surface area contributed by atoms with Crippen molar-refractivity contribution >= 4 is 45.7 Å². The Bertz CT molecular complexity index is 678. The molecule has 0 aromatic carbocycles. The number of H-pyrrole nitrogens is 1. The van der Waals surface area contributed by atoms with E-state index in [9.17, 15) is 0 Å². The Labute approximate surface area is 118 Å². The van der Waals surface area contributed by atoms with Gasteiger partial charge in [-0.2, -0.15) is 0 Å². The van der Waals surface area contributed by atoms with E-state index in [-0.39, 0.29) is 5.15 Å². The van der Waals surface area contributed by atoms with Crippen LogP contribution in [0.15, 0.2) is 17.5 Å². The summed E-state index contributed by atoms with van der Waals surface area (Å²) < 4.78 is 0. The van der Waals surface area contributed by atoms with E-state index >= 15 is 0 Å². The number of pyridine rings is 1. The summed E-state index contributed by atoms with van der Waals surface area (Å²) in [5, 5.41) is 2.78. The maximum atomic E-state index is 5.94. The highest BCUT2D eigenvalue weighted by atomic mass is 35.5. The molecule has 0 aliphatic heterocycles. The van der Waals surface area contributed by atoms with Crippen LogP contribution in [-0.2, 0) is 6.42 Å². The van der Waals surface area contributed by atoms with E-state index in [2.05, 4.69) is 33.3 Å². The number of thiophene rings is 1. The first-order valence-corrected chi connectivity index (χ1v) is 7.11. The number of aromatic amines is 1. The van der Waals surface area contributed by atoms with Gasteiger partial charge in [-0.3, -0.25) is 0 Å². The molecule has 0 radical (unpaired) electrons. The number of nitrogens with zero attached hydrogens (tertiary/aromatic N) is 2. The summed E-state index contributed by atoms with van der Waals surface area (Å²) in [4.78, 5) is 13.0. The Balaban J connectivity index is 2.19. The Hall–Kier alpha value is -1.10. The predicted octanol–water partition coefficient (Wildman–Crippen LogP) is 4.56. The van der Waals surface area contributed by atoms with Crippen molar-refractivity contribution in [2.75, 3.05) is 0 Å². The minimum absolute atomic E-state index is 0.282. The van der Waals surface area contributed by atoms with Crippen LogP contribution in [0.4, 0.5) is 0 Å². The van der Waals surface area contributed by atoms with Gasteiger partial charge in [0.25, 0.3) is 0 Å². The van der Waals surface area contributed by atoms with E-state index < -0.39 is 0 Å². The topological polar surface area (TPSA) is 41.6 Å². The number of aromatic nitrogens is 3. The number of nitrogens with one attached hydrogen (secondary N) is 1. The Morgan fingerprint density at radius 1 is 1.33 bits per heavy atom. The molecule has 0 spiro atoms. The third kappa shape index (κ3) is 1.90. The summed E-state index contributed by atoms with van der Waals surface area (Å²) in [6.45, 7) is 2.13. The first-order chi connectivity index (χ1) is 8.69. The third-order valence-electron chi connectivity index (χ3n) is 2.73. The largest absolute Gasteiger partial charge is 0.336 e. The summed E-state index contributed by atoms with van der Waals surface area (Å²) in [5.41, 5.74) is 2.67. The van der Waals surface area contributed by atoms with Crippen molar-refractivity contribution in [1.29, 1.82) is 0 Å². The zero-order valence-electron chi connectivity index (χ0n) is 9.50. The fraction of sp³-hybridized carbons (Fsp3) is 0.167. The zero-order chi connectivity index (χ0) is 12.7. The Kier molecular flexibility index (Phi) is 3.01. The molecule has 0 bridgehead atoms. The van der Waals surface area contributed by atoms with Gasteiger partial charge in [0.15, 0.2) is 11.5 Å². The molecule has 3 nitrogen and oxygen atoms in total. The lowest BCUT2D eigenvalue weighted by atomic mass is 10.2. The molecule has 92 valence electrons. The van der Waals surface area contributed by atoms with Crippen molar-refractivity contribution in [2.24, 2.45) is 0 Å². The molecule has 3 aromatic rings. The van der Waals surface area contributed by atoms with Gasteiger partial charge >= 0.3 is 0 Å². The molecule has 0 amide bonds. The van der Waals surface area contributed by atoms with Crippen molar-refractivity contribution < 1.29 is 0 Å². The van der Waals surface area contributed by atoms with E-state index in [1.54, 1.807) is 17.4 Å². The van der Waals surface area contributed by atoms with Crippen LogP contribution < -0.4 is 0 Å². The number of aryl methyl sites for hydroxylation is 1. The molecule has 0 saturated heterocycles. The quantitative estimate of drug-likeness (QED) is 0.705. The normalized spacial score (nSPS) is 11.3. The standard InChI is InChI=1S/C12H9Cl2N3S/c1-2-6-3-4-18-9(6)12-15-8-5-7(13)10(14)16-11(8)17-12/h3-5H,2H2,1H3,(H,15,16,17). The summed E-state index contributed by atoms with van der Waals surface area (Å²) in [7, 11) is 0. The molecule has 1 N–H and O–H groups in total. The molecule has 6 heteroatoms. The molecule has 18 heavy (non-hydrogen) atoms. The van der Waals surface area contributed by atoms with Crippen LogP contribution in [0.5, 0.6) is 0 Å².